The highest BCUT2D eigenvalue weighted by molar-refractivity contribution is 5.73. The fourth-order valence-corrected chi connectivity index (χ4v) is 4.33. The van der Waals surface area contributed by atoms with Crippen LogP contribution in [0.4, 0.5) is 10.5 Å². The highest BCUT2D eigenvalue weighted by Gasteiger charge is 2.55. The van der Waals surface area contributed by atoms with Crippen LogP contribution in [-0.4, -0.2) is 30.8 Å². The predicted molar refractivity (Wildman–Crippen MR) is 93.9 cm³/mol. The highest BCUT2D eigenvalue weighted by atomic mass is 16.5. The number of ether oxygens (including phenoxy) is 1. The Morgan fingerprint density at radius 3 is 2.62 bits per heavy atom. The minimum Gasteiger partial charge on any atom is -0.453 e. The molecule has 2 heterocycles. The van der Waals surface area contributed by atoms with Gasteiger partial charge in [-0.25, -0.2) is 4.79 Å². The maximum Gasteiger partial charge on any atom is 0.411 e. The number of benzene rings is 2. The molecule has 2 atom stereocenters. The van der Waals surface area contributed by atoms with E-state index in [2.05, 4.69) is 60.4 Å². The van der Waals surface area contributed by atoms with Crippen molar-refractivity contribution < 1.29 is 9.53 Å². The molecule has 0 aliphatic carbocycles. The fourth-order valence-electron chi connectivity index (χ4n) is 4.33. The van der Waals surface area contributed by atoms with Crippen LogP contribution >= 0.6 is 0 Å². The molecule has 0 aromatic heterocycles. The molecule has 4 heteroatoms. The zero-order chi connectivity index (χ0) is 16.7. The Hall–Kier alpha value is -2.49. The molecule has 2 aliphatic rings. The number of fused-ring (bicyclic) bond motifs is 3. The van der Waals surface area contributed by atoms with Crippen molar-refractivity contribution in [3.8, 4) is 0 Å². The molecule has 24 heavy (non-hydrogen) atoms. The molecule has 0 N–H and O–H groups in total. The van der Waals surface area contributed by atoms with E-state index in [0.717, 1.165) is 19.5 Å². The number of amides is 1. The number of hydrogen-bond acceptors (Lipinski definition) is 3. The van der Waals surface area contributed by atoms with Crippen LogP contribution < -0.4 is 4.90 Å². The molecule has 1 saturated heterocycles. The van der Waals surface area contributed by atoms with Gasteiger partial charge in [-0.1, -0.05) is 55.5 Å². The third-order valence-corrected chi connectivity index (χ3v) is 5.47. The molecule has 0 unspecified atom stereocenters. The van der Waals surface area contributed by atoms with Gasteiger partial charge in [-0.05, 0) is 23.6 Å². The molecule has 0 spiro atoms. The first-order valence-corrected chi connectivity index (χ1v) is 8.40. The monoisotopic (exact) mass is 322 g/mol. The van der Waals surface area contributed by atoms with Gasteiger partial charge in [0.1, 0.15) is 6.17 Å². The summed E-state index contributed by atoms with van der Waals surface area (Å²) in [5.41, 5.74) is 3.74. The van der Waals surface area contributed by atoms with Crippen molar-refractivity contribution in [1.29, 1.82) is 0 Å². The van der Waals surface area contributed by atoms with E-state index in [0.29, 0.717) is 0 Å². The summed E-state index contributed by atoms with van der Waals surface area (Å²) in [5, 5.41) is 0. The zero-order valence-corrected chi connectivity index (χ0v) is 14.1. The molecular weight excluding hydrogens is 300 g/mol. The lowest BCUT2D eigenvalue weighted by Gasteiger charge is -2.36. The second-order valence-electron chi connectivity index (χ2n) is 6.84. The first kappa shape index (κ1) is 15.1. The Labute approximate surface area is 142 Å². The summed E-state index contributed by atoms with van der Waals surface area (Å²) in [4.78, 5) is 16.6. The molecule has 124 valence electrons. The fraction of sp³-hybridized carbons (Fsp3) is 0.350. The summed E-state index contributed by atoms with van der Waals surface area (Å²) in [6.07, 6.45) is 0.715. The number of hydrogen-bond donors (Lipinski definition) is 0. The number of anilines is 1. The topological polar surface area (TPSA) is 32.8 Å². The van der Waals surface area contributed by atoms with E-state index in [-0.39, 0.29) is 17.7 Å². The van der Waals surface area contributed by atoms with Crippen LogP contribution in [0.25, 0.3) is 0 Å². The highest BCUT2D eigenvalue weighted by Crippen LogP contribution is 2.52. The van der Waals surface area contributed by atoms with Crippen LogP contribution in [0.3, 0.4) is 0 Å². The van der Waals surface area contributed by atoms with Crippen molar-refractivity contribution in [3.05, 3.63) is 65.7 Å². The SMILES string of the molecule is COC(=O)N1CC[C@@]2(C)c3ccccc3N(Cc3ccccc3)[C@@H]12. The lowest BCUT2D eigenvalue weighted by Crippen LogP contribution is -2.50. The van der Waals surface area contributed by atoms with Crippen molar-refractivity contribution >= 4 is 11.8 Å². The number of carbonyl (C=O) groups is 1. The van der Waals surface area contributed by atoms with Crippen molar-refractivity contribution in [3.63, 3.8) is 0 Å². The molecule has 0 radical (unpaired) electrons. The first-order chi connectivity index (χ1) is 11.6. The average Bonchev–Trinajstić information content (AvgIpc) is 3.08. The molecule has 4 rings (SSSR count). The van der Waals surface area contributed by atoms with E-state index in [1.165, 1.54) is 23.9 Å². The molecule has 0 saturated carbocycles. The molecule has 1 fully saturated rings. The molecule has 0 bridgehead atoms. The van der Waals surface area contributed by atoms with E-state index >= 15 is 0 Å². The first-order valence-electron chi connectivity index (χ1n) is 8.40. The van der Waals surface area contributed by atoms with Gasteiger partial charge >= 0.3 is 6.09 Å². The summed E-state index contributed by atoms with van der Waals surface area (Å²) < 4.78 is 5.05. The lowest BCUT2D eigenvalue weighted by atomic mass is 9.81. The van der Waals surface area contributed by atoms with Gasteiger partial charge in [0.2, 0.25) is 0 Å². The van der Waals surface area contributed by atoms with Gasteiger partial charge < -0.3 is 9.64 Å². The van der Waals surface area contributed by atoms with E-state index < -0.39 is 0 Å². The predicted octanol–water partition coefficient (Wildman–Crippen LogP) is 3.76. The van der Waals surface area contributed by atoms with Gasteiger partial charge in [-0.15, -0.1) is 0 Å². The second kappa shape index (κ2) is 5.55. The van der Waals surface area contributed by atoms with E-state index in [4.69, 9.17) is 4.74 Å². The van der Waals surface area contributed by atoms with E-state index in [1.807, 2.05) is 11.0 Å². The Balaban J connectivity index is 1.78. The van der Waals surface area contributed by atoms with Crippen molar-refractivity contribution in [1.82, 2.24) is 4.90 Å². The number of nitrogens with zero attached hydrogens (tertiary/aromatic N) is 2. The standard InChI is InChI=1S/C20H22N2O2/c1-20-12-13-21(19(23)24-2)18(20)22(14-15-8-4-3-5-9-15)17-11-7-6-10-16(17)20/h3-11,18H,12-14H2,1-2H3/t18-,20+/m1/s1. The number of para-hydroxylation sites is 1. The van der Waals surface area contributed by atoms with Gasteiger partial charge in [-0.2, -0.15) is 0 Å². The number of likely N-dealkylation sites (tertiary alicyclic amines) is 1. The summed E-state index contributed by atoms with van der Waals surface area (Å²) in [6.45, 7) is 3.78. The third kappa shape index (κ3) is 2.09. The molecule has 2 aromatic carbocycles. The Morgan fingerprint density at radius 2 is 1.88 bits per heavy atom. The van der Waals surface area contributed by atoms with Crippen LogP contribution in [0.5, 0.6) is 0 Å². The molecule has 4 nitrogen and oxygen atoms in total. The normalized spacial score (nSPS) is 24.7. The third-order valence-electron chi connectivity index (χ3n) is 5.47. The smallest absolute Gasteiger partial charge is 0.411 e. The van der Waals surface area contributed by atoms with Crippen molar-refractivity contribution in [2.75, 3.05) is 18.6 Å². The van der Waals surface area contributed by atoms with Gasteiger partial charge in [-0.3, -0.25) is 4.90 Å². The maximum absolute atomic E-state index is 12.3. The van der Waals surface area contributed by atoms with Gasteiger partial charge in [0, 0.05) is 24.2 Å². The van der Waals surface area contributed by atoms with E-state index in [1.54, 1.807) is 0 Å². The molecule has 2 aliphatic heterocycles. The van der Waals surface area contributed by atoms with Crippen LogP contribution in [0, 0.1) is 0 Å². The summed E-state index contributed by atoms with van der Waals surface area (Å²) in [7, 11) is 1.46. The minimum atomic E-state index is -0.241. The number of methoxy groups -OCH3 is 1. The number of rotatable bonds is 2. The number of carbonyl (C=O) groups excluding carboxylic acids is 1. The Bertz CT molecular complexity index is 761. The maximum atomic E-state index is 12.3. The molecule has 1 amide bonds. The summed E-state index contributed by atoms with van der Waals surface area (Å²) >= 11 is 0. The van der Waals surface area contributed by atoms with Crippen LogP contribution in [0.1, 0.15) is 24.5 Å². The van der Waals surface area contributed by atoms with Gasteiger partial charge in [0.05, 0.1) is 7.11 Å². The Kier molecular flexibility index (Phi) is 3.48. The van der Waals surface area contributed by atoms with Crippen LogP contribution in [0.15, 0.2) is 54.6 Å². The van der Waals surface area contributed by atoms with Crippen molar-refractivity contribution in [2.24, 2.45) is 0 Å². The zero-order valence-electron chi connectivity index (χ0n) is 14.1. The molecular formula is C20H22N2O2. The summed E-state index contributed by atoms with van der Waals surface area (Å²) in [6, 6.07) is 18.9. The lowest BCUT2D eigenvalue weighted by molar-refractivity contribution is 0.113. The van der Waals surface area contributed by atoms with Crippen molar-refractivity contribution in [2.45, 2.75) is 31.5 Å². The largest absolute Gasteiger partial charge is 0.453 e. The van der Waals surface area contributed by atoms with E-state index in [9.17, 15) is 4.79 Å². The van der Waals surface area contributed by atoms with Gasteiger partial charge in [0.15, 0.2) is 0 Å². The van der Waals surface area contributed by atoms with Crippen LogP contribution in [-0.2, 0) is 16.7 Å². The molecule has 2 aromatic rings. The minimum absolute atomic E-state index is 0.00237. The average molecular weight is 322 g/mol. The van der Waals surface area contributed by atoms with Gasteiger partial charge in [0.25, 0.3) is 0 Å². The Morgan fingerprint density at radius 1 is 1.17 bits per heavy atom. The quantitative estimate of drug-likeness (QED) is 0.844. The second-order valence-corrected chi connectivity index (χ2v) is 6.84. The summed E-state index contributed by atoms with van der Waals surface area (Å²) in [5.74, 6) is 0. The van der Waals surface area contributed by atoms with Crippen LogP contribution in [0.2, 0.25) is 0 Å².